The second kappa shape index (κ2) is 9.03. The van der Waals surface area contributed by atoms with Gasteiger partial charge in [0, 0.05) is 32.8 Å². The number of furan rings is 1. The first-order valence-corrected chi connectivity index (χ1v) is 13.2. The molecule has 0 saturated carbocycles. The van der Waals surface area contributed by atoms with Crippen LogP contribution in [0.15, 0.2) is 138 Å². The first-order chi connectivity index (χ1) is 19.8. The maximum absolute atomic E-state index is 6.60. The van der Waals surface area contributed by atoms with Gasteiger partial charge in [-0.1, -0.05) is 121 Å². The van der Waals surface area contributed by atoms with Crippen molar-refractivity contribution >= 4 is 32.8 Å². The average Bonchev–Trinajstić information content (AvgIpc) is 3.62. The number of fused-ring (bicyclic) bond motifs is 5. The van der Waals surface area contributed by atoms with Gasteiger partial charge in [0.1, 0.15) is 11.3 Å². The second-order valence-corrected chi connectivity index (χ2v) is 9.72. The van der Waals surface area contributed by atoms with Crippen molar-refractivity contribution in [1.29, 1.82) is 0 Å². The average molecular weight is 515 g/mol. The number of aromatic nitrogens is 4. The van der Waals surface area contributed by atoms with Gasteiger partial charge in [-0.2, -0.15) is 9.97 Å². The quantitative estimate of drug-likeness (QED) is 0.236. The fourth-order valence-corrected chi connectivity index (χ4v) is 5.39. The van der Waals surface area contributed by atoms with Crippen molar-refractivity contribution in [2.24, 2.45) is 0 Å². The van der Waals surface area contributed by atoms with E-state index in [2.05, 4.69) is 53.1 Å². The van der Waals surface area contributed by atoms with Crippen molar-refractivity contribution in [1.82, 2.24) is 19.5 Å². The summed E-state index contributed by atoms with van der Waals surface area (Å²) in [5, 5.41) is 3.22. The van der Waals surface area contributed by atoms with Crippen LogP contribution in [0, 0.1) is 0 Å². The summed E-state index contributed by atoms with van der Waals surface area (Å²) in [6, 6.07) is 45.0. The maximum Gasteiger partial charge on any atom is 0.238 e. The largest absolute Gasteiger partial charge is 0.454 e. The molecular weight excluding hydrogens is 492 g/mol. The van der Waals surface area contributed by atoms with E-state index in [0.717, 1.165) is 55.2 Å². The molecule has 0 bridgehead atoms. The van der Waals surface area contributed by atoms with E-state index in [-0.39, 0.29) is 0 Å². The van der Waals surface area contributed by atoms with Crippen LogP contribution in [-0.2, 0) is 0 Å². The molecule has 0 saturated heterocycles. The summed E-state index contributed by atoms with van der Waals surface area (Å²) < 4.78 is 8.71. The maximum atomic E-state index is 6.60. The Morgan fingerprint density at radius 3 is 1.73 bits per heavy atom. The Hall–Kier alpha value is -5.55. The lowest BCUT2D eigenvalue weighted by molar-refractivity contribution is 0.633. The Labute approximate surface area is 230 Å². The van der Waals surface area contributed by atoms with Crippen LogP contribution in [0.25, 0.3) is 72.8 Å². The summed E-state index contributed by atoms with van der Waals surface area (Å²) in [6.07, 6.45) is 0. The molecule has 0 fully saturated rings. The van der Waals surface area contributed by atoms with Crippen LogP contribution in [0.3, 0.4) is 0 Å². The fraction of sp³-hybridized carbons (Fsp3) is 0. The molecule has 5 heteroatoms. The van der Waals surface area contributed by atoms with Crippen molar-refractivity contribution in [2.75, 3.05) is 0 Å². The van der Waals surface area contributed by atoms with Crippen LogP contribution in [0.4, 0.5) is 0 Å². The minimum atomic E-state index is 0.545. The highest BCUT2D eigenvalue weighted by atomic mass is 16.3. The van der Waals surface area contributed by atoms with Crippen LogP contribution in [0.1, 0.15) is 0 Å². The molecule has 0 aliphatic heterocycles. The van der Waals surface area contributed by atoms with Crippen molar-refractivity contribution in [3.05, 3.63) is 133 Å². The van der Waals surface area contributed by atoms with E-state index in [9.17, 15) is 0 Å². The molecule has 0 unspecified atom stereocenters. The summed E-state index contributed by atoms with van der Waals surface area (Å²) in [5.41, 5.74) is 5.64. The third-order valence-electron chi connectivity index (χ3n) is 7.27. The molecule has 0 amide bonds. The molecule has 188 valence electrons. The number of benzene rings is 5. The molecule has 0 aliphatic carbocycles. The molecule has 40 heavy (non-hydrogen) atoms. The Morgan fingerprint density at radius 2 is 1.07 bits per heavy atom. The van der Waals surface area contributed by atoms with Gasteiger partial charge in [-0.25, -0.2) is 4.98 Å². The number of hydrogen-bond donors (Lipinski definition) is 0. The lowest BCUT2D eigenvalue weighted by Gasteiger charge is -2.11. The molecule has 3 heterocycles. The second-order valence-electron chi connectivity index (χ2n) is 9.72. The Kier molecular flexibility index (Phi) is 5.07. The third kappa shape index (κ3) is 3.60. The predicted molar refractivity (Wildman–Crippen MR) is 160 cm³/mol. The molecule has 0 radical (unpaired) electrons. The minimum absolute atomic E-state index is 0.545. The van der Waals surface area contributed by atoms with Gasteiger partial charge in [-0.3, -0.25) is 4.57 Å². The normalized spacial score (nSPS) is 11.5. The van der Waals surface area contributed by atoms with Gasteiger partial charge in [0.2, 0.25) is 5.95 Å². The van der Waals surface area contributed by atoms with Crippen molar-refractivity contribution < 1.29 is 4.42 Å². The highest BCUT2D eigenvalue weighted by molar-refractivity contribution is 6.17. The summed E-state index contributed by atoms with van der Waals surface area (Å²) in [6.45, 7) is 0. The third-order valence-corrected chi connectivity index (χ3v) is 7.27. The fourth-order valence-electron chi connectivity index (χ4n) is 5.39. The van der Waals surface area contributed by atoms with Gasteiger partial charge in [0.05, 0.1) is 5.52 Å². The van der Waals surface area contributed by atoms with Crippen LogP contribution in [0.2, 0.25) is 0 Å². The van der Waals surface area contributed by atoms with E-state index in [4.69, 9.17) is 19.4 Å². The zero-order valence-corrected chi connectivity index (χ0v) is 21.4. The lowest BCUT2D eigenvalue weighted by atomic mass is 10.1. The smallest absolute Gasteiger partial charge is 0.238 e. The van der Waals surface area contributed by atoms with Gasteiger partial charge in [0.25, 0.3) is 0 Å². The molecule has 0 N–H and O–H groups in total. The zero-order chi connectivity index (χ0) is 26.5. The molecule has 8 aromatic rings. The van der Waals surface area contributed by atoms with Gasteiger partial charge < -0.3 is 4.42 Å². The Bertz CT molecular complexity index is 2090. The standard InChI is InChI=1S/C35H22N4O/c1-4-12-23(13-5-1)30-22-26-20-21-28-27-18-10-11-19-29(27)39(31(28)32(26)40-30)35-37-33(24-14-6-2-7-15-24)36-34(38-35)25-16-8-3-9-17-25/h1-22H. The Balaban J connectivity index is 1.47. The van der Waals surface area contributed by atoms with Gasteiger partial charge in [0.15, 0.2) is 17.2 Å². The summed E-state index contributed by atoms with van der Waals surface area (Å²) in [4.78, 5) is 15.0. The van der Waals surface area contributed by atoms with E-state index in [0.29, 0.717) is 17.6 Å². The first-order valence-electron chi connectivity index (χ1n) is 13.2. The molecule has 5 nitrogen and oxygen atoms in total. The number of rotatable bonds is 4. The molecular formula is C35H22N4O. The van der Waals surface area contributed by atoms with Gasteiger partial charge in [-0.15, -0.1) is 0 Å². The highest BCUT2D eigenvalue weighted by Crippen LogP contribution is 2.39. The van der Waals surface area contributed by atoms with Crippen LogP contribution >= 0.6 is 0 Å². The van der Waals surface area contributed by atoms with E-state index < -0.39 is 0 Å². The predicted octanol–water partition coefficient (Wildman–Crippen LogP) is 8.72. The van der Waals surface area contributed by atoms with E-state index >= 15 is 0 Å². The highest BCUT2D eigenvalue weighted by Gasteiger charge is 2.21. The monoisotopic (exact) mass is 514 g/mol. The number of hydrogen-bond acceptors (Lipinski definition) is 4. The minimum Gasteiger partial charge on any atom is -0.454 e. The van der Waals surface area contributed by atoms with Crippen molar-refractivity contribution in [3.8, 4) is 40.0 Å². The zero-order valence-electron chi connectivity index (χ0n) is 21.4. The van der Waals surface area contributed by atoms with Crippen LogP contribution in [0.5, 0.6) is 0 Å². The number of nitrogens with zero attached hydrogens (tertiary/aromatic N) is 4. The van der Waals surface area contributed by atoms with E-state index in [1.54, 1.807) is 0 Å². The van der Waals surface area contributed by atoms with Crippen molar-refractivity contribution in [3.63, 3.8) is 0 Å². The molecule has 5 aromatic carbocycles. The molecule has 8 rings (SSSR count). The molecule has 0 spiro atoms. The lowest BCUT2D eigenvalue weighted by Crippen LogP contribution is -2.06. The van der Waals surface area contributed by atoms with Gasteiger partial charge in [-0.05, 0) is 12.1 Å². The Morgan fingerprint density at radius 1 is 0.500 bits per heavy atom. The SMILES string of the molecule is c1ccc(-c2nc(-c3ccccc3)nc(-n3c4ccccc4c4ccc5cc(-c6ccccc6)oc5c43)n2)cc1. The van der Waals surface area contributed by atoms with Crippen molar-refractivity contribution in [2.45, 2.75) is 0 Å². The van der Waals surface area contributed by atoms with Crippen LogP contribution < -0.4 is 0 Å². The topological polar surface area (TPSA) is 56.7 Å². The summed E-state index contributed by atoms with van der Waals surface area (Å²) in [7, 11) is 0. The molecule has 0 atom stereocenters. The molecule has 3 aromatic heterocycles. The van der Waals surface area contributed by atoms with Gasteiger partial charge >= 0.3 is 0 Å². The molecule has 0 aliphatic rings. The van der Waals surface area contributed by atoms with E-state index in [1.165, 1.54) is 0 Å². The summed E-state index contributed by atoms with van der Waals surface area (Å²) in [5.74, 6) is 2.61. The first kappa shape index (κ1) is 22.4. The van der Waals surface area contributed by atoms with E-state index in [1.807, 2.05) is 84.9 Å². The van der Waals surface area contributed by atoms with Crippen LogP contribution in [-0.4, -0.2) is 19.5 Å². The summed E-state index contributed by atoms with van der Waals surface area (Å²) >= 11 is 0. The number of para-hydroxylation sites is 1.